The molecule has 1 aromatic rings. The van der Waals surface area contributed by atoms with E-state index in [9.17, 15) is 13.2 Å². The fourth-order valence-corrected chi connectivity index (χ4v) is 6.97. The van der Waals surface area contributed by atoms with Gasteiger partial charge in [0.15, 0.2) is 0 Å². The molecular weight excluding hydrogens is 412 g/mol. The second kappa shape index (κ2) is 7.85. The molecule has 7 heteroatoms. The number of methoxy groups -OCH3 is 1. The summed E-state index contributed by atoms with van der Waals surface area (Å²) in [5, 5.41) is 0. The molecule has 0 aromatic heterocycles. The largest absolute Gasteiger partial charge is 0.381 e. The minimum Gasteiger partial charge on any atom is -0.381 e. The van der Waals surface area contributed by atoms with Crippen LogP contribution in [0.2, 0.25) is 0 Å². The van der Waals surface area contributed by atoms with Gasteiger partial charge in [0.25, 0.3) is 0 Å². The molecule has 0 radical (unpaired) electrons. The molecule has 6 nitrogen and oxygen atoms in total. The number of rotatable bonds is 4. The number of fused-ring (bicyclic) bond motifs is 4. The van der Waals surface area contributed by atoms with Gasteiger partial charge in [-0.05, 0) is 74.2 Å². The van der Waals surface area contributed by atoms with Crippen LogP contribution in [0.15, 0.2) is 23.1 Å². The molecule has 172 valence electrons. The molecule has 0 unspecified atom stereocenters. The van der Waals surface area contributed by atoms with Crippen LogP contribution in [0.5, 0.6) is 0 Å². The number of hydrogen-bond acceptors (Lipinski definition) is 4. The lowest BCUT2D eigenvalue weighted by molar-refractivity contribution is -0.150. The lowest BCUT2D eigenvalue weighted by atomic mass is 9.51. The lowest BCUT2D eigenvalue weighted by Crippen LogP contribution is -2.65. The van der Waals surface area contributed by atoms with Crippen molar-refractivity contribution in [2.45, 2.75) is 81.8 Å². The summed E-state index contributed by atoms with van der Waals surface area (Å²) in [7, 11) is -0.291. The fraction of sp³-hybridized carbons (Fsp3) is 0.708. The summed E-state index contributed by atoms with van der Waals surface area (Å²) >= 11 is 0. The average Bonchev–Trinajstić information content (AvgIpc) is 2.75. The second-order valence-corrected chi connectivity index (χ2v) is 12.2. The van der Waals surface area contributed by atoms with Crippen LogP contribution in [-0.4, -0.2) is 52.1 Å². The van der Waals surface area contributed by atoms with Crippen molar-refractivity contribution in [3.63, 3.8) is 0 Å². The zero-order valence-corrected chi connectivity index (χ0v) is 20.2. The molecule has 4 rings (SSSR count). The van der Waals surface area contributed by atoms with Gasteiger partial charge in [0.2, 0.25) is 15.9 Å². The zero-order chi connectivity index (χ0) is 22.6. The number of ether oxygens (including phenoxy) is 1. The number of piperidine rings is 1. The van der Waals surface area contributed by atoms with Gasteiger partial charge in [0.05, 0.1) is 11.0 Å². The van der Waals surface area contributed by atoms with Crippen LogP contribution in [-0.2, 0) is 31.4 Å². The summed E-state index contributed by atoms with van der Waals surface area (Å²) in [6, 6.07) is 5.64. The predicted octanol–water partition coefficient (Wildman–Crippen LogP) is 3.24. The number of carbonyl (C=O) groups is 1. The van der Waals surface area contributed by atoms with E-state index in [-0.39, 0.29) is 28.9 Å². The van der Waals surface area contributed by atoms with Crippen LogP contribution in [0, 0.1) is 11.3 Å². The molecule has 1 saturated heterocycles. The van der Waals surface area contributed by atoms with Gasteiger partial charge in [-0.2, -0.15) is 0 Å². The van der Waals surface area contributed by atoms with Gasteiger partial charge in [-0.3, -0.25) is 4.79 Å². The molecule has 3 aliphatic rings. The van der Waals surface area contributed by atoms with Crippen LogP contribution >= 0.6 is 0 Å². The number of benzene rings is 1. The van der Waals surface area contributed by atoms with E-state index in [1.54, 1.807) is 13.2 Å². The Morgan fingerprint density at radius 1 is 1.16 bits per heavy atom. The van der Waals surface area contributed by atoms with Crippen LogP contribution in [0.4, 0.5) is 0 Å². The van der Waals surface area contributed by atoms with E-state index in [1.807, 2.05) is 12.1 Å². The van der Waals surface area contributed by atoms with Gasteiger partial charge in [0, 0.05) is 31.0 Å². The van der Waals surface area contributed by atoms with Crippen molar-refractivity contribution in [1.29, 1.82) is 0 Å². The Bertz CT molecular complexity index is 966. The molecule has 31 heavy (non-hydrogen) atoms. The Hall–Kier alpha value is -1.44. The molecule has 1 N–H and O–H groups in total. The number of hydrogen-bond donors (Lipinski definition) is 1. The first-order chi connectivity index (χ1) is 14.5. The third-order valence-corrected chi connectivity index (χ3v) is 10.2. The molecule has 2 bridgehead atoms. The van der Waals surface area contributed by atoms with E-state index in [4.69, 9.17) is 4.74 Å². The van der Waals surface area contributed by atoms with Gasteiger partial charge in [-0.25, -0.2) is 13.1 Å². The number of nitrogens with one attached hydrogen (secondary N) is 1. The van der Waals surface area contributed by atoms with Crippen LogP contribution in [0.25, 0.3) is 0 Å². The maximum absolute atomic E-state index is 13.6. The van der Waals surface area contributed by atoms with Crippen molar-refractivity contribution in [1.82, 2.24) is 9.62 Å². The number of likely N-dealkylation sites (tertiary alicyclic amines) is 1. The standard InChI is InChI=1S/C24H36N2O4S/c1-23(2)21-14-17-8-11-19(31(28,29)25-4)15-20(17)24(23,3)12-13-26(21)22(27)16-6-9-18(30-5)10-7-16/h8,11,15-16,18,21,25H,6-7,9-10,12-14H2,1-5H3/t16?,18?,21-,24+/m0/s1. The molecular formula is C24H36N2O4S. The highest BCUT2D eigenvalue weighted by molar-refractivity contribution is 7.89. The Balaban J connectivity index is 1.66. The lowest BCUT2D eigenvalue weighted by Gasteiger charge is -2.61. The predicted molar refractivity (Wildman–Crippen MR) is 120 cm³/mol. The first kappa shape index (κ1) is 22.7. The van der Waals surface area contributed by atoms with Gasteiger partial charge in [-0.15, -0.1) is 0 Å². The van der Waals surface area contributed by atoms with Crippen molar-refractivity contribution in [2.75, 3.05) is 20.7 Å². The summed E-state index contributed by atoms with van der Waals surface area (Å²) in [5.41, 5.74) is 1.95. The van der Waals surface area contributed by atoms with Gasteiger partial charge >= 0.3 is 0 Å². The van der Waals surface area contributed by atoms with Crippen molar-refractivity contribution < 1.29 is 17.9 Å². The minimum absolute atomic E-state index is 0.0936. The van der Waals surface area contributed by atoms with Crippen molar-refractivity contribution >= 4 is 15.9 Å². The molecule has 1 aliphatic heterocycles. The normalized spacial score (nSPS) is 32.4. The number of carbonyl (C=O) groups excluding carboxylic acids is 1. The molecule has 1 aromatic carbocycles. The number of amides is 1. The molecule has 0 spiro atoms. The van der Waals surface area contributed by atoms with Crippen LogP contribution in [0.1, 0.15) is 64.0 Å². The summed E-state index contributed by atoms with van der Waals surface area (Å²) in [5.74, 6) is 0.392. The van der Waals surface area contributed by atoms with Gasteiger partial charge in [-0.1, -0.05) is 26.8 Å². The molecule has 2 fully saturated rings. The van der Waals surface area contributed by atoms with E-state index in [2.05, 4.69) is 30.4 Å². The quantitative estimate of drug-likeness (QED) is 0.767. The molecule has 1 amide bonds. The maximum Gasteiger partial charge on any atom is 0.240 e. The third-order valence-electron chi connectivity index (χ3n) is 8.79. The SMILES string of the molecule is CNS(=O)(=O)c1ccc2c(c1)[C@@]1(C)CCN(C(=O)C3CCC(OC)CC3)[C@@H](C2)C1(C)C. The van der Waals surface area contributed by atoms with Crippen molar-refractivity contribution in [3.8, 4) is 0 Å². The first-order valence-corrected chi connectivity index (χ1v) is 12.9. The van der Waals surface area contributed by atoms with E-state index in [1.165, 1.54) is 12.6 Å². The summed E-state index contributed by atoms with van der Waals surface area (Å²) < 4.78 is 32.7. The molecule has 2 aliphatic carbocycles. The monoisotopic (exact) mass is 448 g/mol. The second-order valence-electron chi connectivity index (χ2n) is 10.3. The van der Waals surface area contributed by atoms with Crippen molar-refractivity contribution in [3.05, 3.63) is 29.3 Å². The van der Waals surface area contributed by atoms with Crippen LogP contribution < -0.4 is 4.72 Å². The van der Waals surface area contributed by atoms with E-state index in [0.717, 1.165) is 50.6 Å². The van der Waals surface area contributed by atoms with E-state index >= 15 is 0 Å². The van der Waals surface area contributed by atoms with Crippen molar-refractivity contribution in [2.24, 2.45) is 11.3 Å². The highest BCUT2D eigenvalue weighted by Gasteiger charge is 2.57. The zero-order valence-electron chi connectivity index (χ0n) is 19.4. The van der Waals surface area contributed by atoms with Gasteiger partial charge < -0.3 is 9.64 Å². The average molecular weight is 449 g/mol. The Labute approximate surface area is 186 Å². The maximum atomic E-state index is 13.6. The van der Waals surface area contributed by atoms with Gasteiger partial charge in [0.1, 0.15) is 0 Å². The first-order valence-electron chi connectivity index (χ1n) is 11.5. The van der Waals surface area contributed by atoms with E-state index in [0.29, 0.717) is 10.8 Å². The number of nitrogens with zero attached hydrogens (tertiary/aromatic N) is 1. The van der Waals surface area contributed by atoms with E-state index < -0.39 is 10.0 Å². The smallest absolute Gasteiger partial charge is 0.240 e. The molecule has 2 atom stereocenters. The summed E-state index contributed by atoms with van der Waals surface area (Å²) in [6.45, 7) is 7.48. The topological polar surface area (TPSA) is 75.7 Å². The Morgan fingerprint density at radius 2 is 1.84 bits per heavy atom. The summed E-state index contributed by atoms with van der Waals surface area (Å²) in [6.07, 6.45) is 5.62. The minimum atomic E-state index is -3.49. The highest BCUT2D eigenvalue weighted by Crippen LogP contribution is 2.56. The Kier molecular flexibility index (Phi) is 5.76. The summed E-state index contributed by atoms with van der Waals surface area (Å²) in [4.78, 5) is 16.0. The number of sulfonamides is 1. The van der Waals surface area contributed by atoms with Crippen LogP contribution in [0.3, 0.4) is 0 Å². The molecule has 1 saturated carbocycles. The Morgan fingerprint density at radius 3 is 2.45 bits per heavy atom. The fourth-order valence-electron chi connectivity index (χ4n) is 6.21. The highest BCUT2D eigenvalue weighted by atomic mass is 32.2. The molecule has 1 heterocycles. The third kappa shape index (κ3) is 3.53.